The molecular formula is C25H19N5OS. The highest BCUT2D eigenvalue weighted by molar-refractivity contribution is 8.00. The predicted octanol–water partition coefficient (Wildman–Crippen LogP) is 5.20. The largest absolute Gasteiger partial charge is 0.325 e. The summed E-state index contributed by atoms with van der Waals surface area (Å²) in [6.07, 6.45) is 0. The molecule has 1 atom stereocenters. The van der Waals surface area contributed by atoms with Gasteiger partial charge in [-0.2, -0.15) is 5.26 Å². The van der Waals surface area contributed by atoms with E-state index in [9.17, 15) is 4.79 Å². The first-order valence-corrected chi connectivity index (χ1v) is 10.9. The van der Waals surface area contributed by atoms with E-state index in [4.69, 9.17) is 10.2 Å². The fourth-order valence-corrected chi connectivity index (χ4v) is 3.78. The number of anilines is 1. The monoisotopic (exact) mass is 437 g/mol. The normalized spacial score (nSPS) is 11.4. The van der Waals surface area contributed by atoms with Crippen molar-refractivity contribution in [2.75, 3.05) is 5.32 Å². The average Bonchev–Trinajstić information content (AvgIpc) is 2.85. The molecule has 0 radical (unpaired) electrons. The number of thioether (sulfide) groups is 1. The van der Waals surface area contributed by atoms with Gasteiger partial charge in [0.15, 0.2) is 0 Å². The minimum absolute atomic E-state index is 0.206. The molecule has 0 aliphatic rings. The molecule has 0 fully saturated rings. The van der Waals surface area contributed by atoms with Gasteiger partial charge in [0.1, 0.15) is 11.4 Å². The number of hydrogen-bond acceptors (Lipinski definition) is 6. The number of rotatable bonds is 6. The molecule has 0 spiro atoms. The Morgan fingerprint density at radius 3 is 2.22 bits per heavy atom. The Hall–Kier alpha value is -4.02. The molecule has 1 aromatic heterocycles. The first kappa shape index (κ1) is 21.2. The lowest BCUT2D eigenvalue weighted by Gasteiger charge is -2.13. The third-order valence-electron chi connectivity index (χ3n) is 4.67. The van der Waals surface area contributed by atoms with Crippen LogP contribution >= 0.6 is 11.8 Å². The van der Waals surface area contributed by atoms with Crippen molar-refractivity contribution in [2.45, 2.75) is 17.3 Å². The van der Waals surface area contributed by atoms with Crippen LogP contribution in [0.4, 0.5) is 5.69 Å². The van der Waals surface area contributed by atoms with Crippen molar-refractivity contribution in [1.82, 2.24) is 15.2 Å². The van der Waals surface area contributed by atoms with Gasteiger partial charge in [-0.25, -0.2) is 4.98 Å². The van der Waals surface area contributed by atoms with Crippen LogP contribution in [0.1, 0.15) is 12.5 Å². The molecule has 7 heteroatoms. The molecule has 1 unspecified atom stereocenters. The Labute approximate surface area is 190 Å². The van der Waals surface area contributed by atoms with Gasteiger partial charge in [0, 0.05) is 16.8 Å². The number of carbonyl (C=O) groups is 1. The molecule has 6 nitrogen and oxygen atoms in total. The van der Waals surface area contributed by atoms with E-state index in [0.29, 0.717) is 27.8 Å². The van der Waals surface area contributed by atoms with E-state index >= 15 is 0 Å². The SMILES string of the molecule is CC(Sc1nnc(-c2ccccc2)c(-c2ccccc2)n1)C(=O)Nc1cccc(C#N)c1. The van der Waals surface area contributed by atoms with Crippen molar-refractivity contribution in [2.24, 2.45) is 0 Å². The second kappa shape index (κ2) is 9.86. The smallest absolute Gasteiger partial charge is 0.237 e. The van der Waals surface area contributed by atoms with Gasteiger partial charge in [-0.15, -0.1) is 10.2 Å². The number of hydrogen-bond donors (Lipinski definition) is 1. The molecule has 156 valence electrons. The minimum atomic E-state index is -0.464. The number of amides is 1. The standard InChI is InChI=1S/C25H19N5OS/c1-17(24(31)27-21-14-8-9-18(15-21)16-26)32-25-28-22(19-10-4-2-5-11-19)23(29-30-25)20-12-6-3-7-13-20/h2-15,17H,1H3,(H,27,31). The van der Waals surface area contributed by atoms with Crippen LogP contribution < -0.4 is 5.32 Å². The molecule has 32 heavy (non-hydrogen) atoms. The molecule has 3 aromatic carbocycles. The van der Waals surface area contributed by atoms with Gasteiger partial charge in [0.2, 0.25) is 11.1 Å². The van der Waals surface area contributed by atoms with E-state index in [2.05, 4.69) is 21.6 Å². The molecule has 1 heterocycles. The summed E-state index contributed by atoms with van der Waals surface area (Å²) in [4.78, 5) is 17.4. The first-order valence-electron chi connectivity index (χ1n) is 9.97. The lowest BCUT2D eigenvalue weighted by molar-refractivity contribution is -0.115. The highest BCUT2D eigenvalue weighted by Crippen LogP contribution is 2.30. The summed E-state index contributed by atoms with van der Waals surface area (Å²) in [5.74, 6) is -0.206. The average molecular weight is 438 g/mol. The summed E-state index contributed by atoms with van der Waals surface area (Å²) in [6, 6.07) is 28.4. The van der Waals surface area contributed by atoms with Crippen molar-refractivity contribution >= 4 is 23.4 Å². The highest BCUT2D eigenvalue weighted by atomic mass is 32.2. The van der Waals surface area contributed by atoms with E-state index in [1.807, 2.05) is 60.7 Å². The van der Waals surface area contributed by atoms with Crippen LogP contribution in [0.2, 0.25) is 0 Å². The summed E-state index contributed by atoms with van der Waals surface area (Å²) >= 11 is 1.23. The third kappa shape index (κ3) is 4.99. The molecule has 4 aromatic rings. The molecular weight excluding hydrogens is 418 g/mol. The Morgan fingerprint density at radius 1 is 0.906 bits per heavy atom. The molecule has 0 aliphatic heterocycles. The first-order chi connectivity index (χ1) is 15.6. The van der Waals surface area contributed by atoms with Crippen molar-refractivity contribution in [3.63, 3.8) is 0 Å². The van der Waals surface area contributed by atoms with Crippen LogP contribution in [0, 0.1) is 11.3 Å². The zero-order chi connectivity index (χ0) is 22.3. The fourth-order valence-electron chi connectivity index (χ4n) is 3.07. The molecule has 1 amide bonds. The van der Waals surface area contributed by atoms with Crippen molar-refractivity contribution in [3.05, 3.63) is 90.5 Å². The van der Waals surface area contributed by atoms with Crippen LogP contribution in [0.5, 0.6) is 0 Å². The van der Waals surface area contributed by atoms with E-state index < -0.39 is 5.25 Å². The maximum absolute atomic E-state index is 12.7. The van der Waals surface area contributed by atoms with Crippen molar-refractivity contribution in [3.8, 4) is 28.6 Å². The quantitative estimate of drug-likeness (QED) is 0.417. The maximum Gasteiger partial charge on any atom is 0.237 e. The van der Waals surface area contributed by atoms with Crippen LogP contribution in [0.3, 0.4) is 0 Å². The van der Waals surface area contributed by atoms with E-state index in [1.165, 1.54) is 11.8 Å². The van der Waals surface area contributed by atoms with Crippen LogP contribution in [-0.2, 0) is 4.79 Å². The fraction of sp³-hybridized carbons (Fsp3) is 0.0800. The molecule has 0 saturated carbocycles. The predicted molar refractivity (Wildman–Crippen MR) is 126 cm³/mol. The zero-order valence-electron chi connectivity index (χ0n) is 17.3. The summed E-state index contributed by atoms with van der Waals surface area (Å²) in [6.45, 7) is 1.78. The Bertz CT molecular complexity index is 1270. The number of carbonyl (C=O) groups excluding carboxylic acids is 1. The lowest BCUT2D eigenvalue weighted by atomic mass is 10.0. The van der Waals surface area contributed by atoms with Gasteiger partial charge < -0.3 is 5.32 Å². The molecule has 0 saturated heterocycles. The van der Waals surface area contributed by atoms with Gasteiger partial charge in [-0.3, -0.25) is 4.79 Å². The summed E-state index contributed by atoms with van der Waals surface area (Å²) in [5, 5.41) is 20.5. The van der Waals surface area contributed by atoms with E-state index in [1.54, 1.807) is 31.2 Å². The van der Waals surface area contributed by atoms with Gasteiger partial charge in [0.05, 0.1) is 16.9 Å². The summed E-state index contributed by atoms with van der Waals surface area (Å²) in [5.41, 5.74) is 4.30. The Morgan fingerprint density at radius 2 is 1.56 bits per heavy atom. The Balaban J connectivity index is 1.58. The molecule has 0 bridgehead atoms. The third-order valence-corrected chi connectivity index (χ3v) is 5.62. The summed E-state index contributed by atoms with van der Waals surface area (Å²) in [7, 11) is 0. The maximum atomic E-state index is 12.7. The minimum Gasteiger partial charge on any atom is -0.325 e. The van der Waals surface area contributed by atoms with Crippen LogP contribution in [-0.4, -0.2) is 26.3 Å². The molecule has 0 aliphatic carbocycles. The van der Waals surface area contributed by atoms with E-state index in [0.717, 1.165) is 11.1 Å². The zero-order valence-corrected chi connectivity index (χ0v) is 18.1. The highest BCUT2D eigenvalue weighted by Gasteiger charge is 2.19. The second-order valence-electron chi connectivity index (χ2n) is 6.97. The molecule has 1 N–H and O–H groups in total. The topological polar surface area (TPSA) is 91.6 Å². The number of nitrogens with one attached hydrogen (secondary N) is 1. The van der Waals surface area contributed by atoms with Crippen LogP contribution in [0.15, 0.2) is 90.1 Å². The van der Waals surface area contributed by atoms with Gasteiger partial charge in [-0.1, -0.05) is 78.5 Å². The number of nitrogens with zero attached hydrogens (tertiary/aromatic N) is 4. The lowest BCUT2D eigenvalue weighted by Crippen LogP contribution is -2.22. The van der Waals surface area contributed by atoms with Crippen LogP contribution in [0.25, 0.3) is 22.5 Å². The van der Waals surface area contributed by atoms with E-state index in [-0.39, 0.29) is 5.91 Å². The summed E-state index contributed by atoms with van der Waals surface area (Å²) < 4.78 is 0. The van der Waals surface area contributed by atoms with Gasteiger partial charge in [0.25, 0.3) is 0 Å². The Kier molecular flexibility index (Phi) is 6.54. The number of nitriles is 1. The molecule has 4 rings (SSSR count). The second-order valence-corrected chi connectivity index (χ2v) is 8.27. The van der Waals surface area contributed by atoms with Crippen molar-refractivity contribution < 1.29 is 4.79 Å². The van der Waals surface area contributed by atoms with Gasteiger partial charge >= 0.3 is 0 Å². The van der Waals surface area contributed by atoms with Gasteiger partial charge in [-0.05, 0) is 25.1 Å². The number of aromatic nitrogens is 3. The van der Waals surface area contributed by atoms with Crippen molar-refractivity contribution in [1.29, 1.82) is 5.26 Å². The number of benzene rings is 3.